The maximum atomic E-state index is 13.5. The molecule has 4 N–H and O–H groups in total. The zero-order valence-corrected chi connectivity index (χ0v) is 21.5. The van der Waals surface area contributed by atoms with Crippen LogP contribution in [-0.4, -0.2) is 77.4 Å². The Bertz CT molecular complexity index is 888. The van der Waals surface area contributed by atoms with Crippen LogP contribution in [0.5, 0.6) is 0 Å². The van der Waals surface area contributed by atoms with E-state index in [0.717, 1.165) is 18.4 Å². The predicted molar refractivity (Wildman–Crippen MR) is 126 cm³/mol. The molecule has 12 unspecified atom stereocenters. The fourth-order valence-corrected chi connectivity index (χ4v) is 9.55. The van der Waals surface area contributed by atoms with Crippen molar-refractivity contribution in [1.29, 1.82) is 0 Å². The first-order chi connectivity index (χ1) is 16.5. The molecule has 4 bridgehead atoms. The van der Waals surface area contributed by atoms with Crippen molar-refractivity contribution in [3.8, 4) is 0 Å². The Labute approximate surface area is 207 Å². The van der Waals surface area contributed by atoms with Gasteiger partial charge in [0.05, 0.1) is 19.3 Å². The number of carboxylic acid groups (broad SMARTS) is 1. The zero-order chi connectivity index (χ0) is 25.5. The molecule has 4 fully saturated rings. The predicted octanol–water partition coefficient (Wildman–Crippen LogP) is 2.20. The van der Waals surface area contributed by atoms with Crippen LogP contribution in [0, 0.1) is 45.8 Å². The summed E-state index contributed by atoms with van der Waals surface area (Å²) in [5.74, 6) is 0.0692. The minimum absolute atomic E-state index is 0.0258. The lowest BCUT2D eigenvalue weighted by atomic mass is 9.42. The zero-order valence-electron chi connectivity index (χ0n) is 21.5. The molecule has 198 valence electrons. The number of aliphatic hydroxyl groups is 3. The van der Waals surface area contributed by atoms with Gasteiger partial charge in [-0.25, -0.2) is 0 Å². The summed E-state index contributed by atoms with van der Waals surface area (Å²) >= 11 is 0. The summed E-state index contributed by atoms with van der Waals surface area (Å²) in [5, 5.41) is 43.4. The van der Waals surface area contributed by atoms with Gasteiger partial charge in [0, 0.05) is 17.9 Å². The van der Waals surface area contributed by atoms with Crippen LogP contribution in [0.3, 0.4) is 0 Å². The van der Waals surface area contributed by atoms with Crippen LogP contribution < -0.4 is 0 Å². The van der Waals surface area contributed by atoms with E-state index in [0.29, 0.717) is 24.7 Å². The van der Waals surface area contributed by atoms with E-state index in [2.05, 4.69) is 13.0 Å². The summed E-state index contributed by atoms with van der Waals surface area (Å²) in [5.41, 5.74) is -1.78. The summed E-state index contributed by atoms with van der Waals surface area (Å²) in [4.78, 5) is 13.5. The Balaban J connectivity index is 1.56. The lowest BCUT2D eigenvalue weighted by molar-refractivity contribution is -0.307. The van der Waals surface area contributed by atoms with Gasteiger partial charge in [-0.3, -0.25) is 4.79 Å². The number of methoxy groups -OCH3 is 1. The van der Waals surface area contributed by atoms with Gasteiger partial charge in [-0.1, -0.05) is 38.8 Å². The third-order valence-corrected chi connectivity index (χ3v) is 10.9. The molecule has 4 aliphatic carbocycles. The van der Waals surface area contributed by atoms with Crippen LogP contribution in [0.2, 0.25) is 0 Å². The Hall–Kier alpha value is -1.03. The number of allylic oxidation sites excluding steroid dienone is 1. The first-order valence-corrected chi connectivity index (χ1v) is 13.2. The molecule has 0 aromatic heterocycles. The molecule has 8 heteroatoms. The SMILES string of the molecule is COC1C(C)OC(OCC23CC4C(C)CCC4C4(CO)CC2C=C(C(C)C)C34C(=O)O)C(O)C1O. The van der Waals surface area contributed by atoms with Crippen molar-refractivity contribution in [2.24, 2.45) is 45.8 Å². The van der Waals surface area contributed by atoms with Gasteiger partial charge in [0.2, 0.25) is 0 Å². The van der Waals surface area contributed by atoms with Crippen LogP contribution in [0.1, 0.15) is 53.4 Å². The van der Waals surface area contributed by atoms with Crippen LogP contribution in [-0.2, 0) is 19.0 Å². The second-order valence-electron chi connectivity index (χ2n) is 12.3. The maximum absolute atomic E-state index is 13.5. The summed E-state index contributed by atoms with van der Waals surface area (Å²) in [6.07, 6.45) is 0.761. The number of carboxylic acids is 1. The molecule has 3 saturated carbocycles. The Morgan fingerprint density at radius 3 is 2.49 bits per heavy atom. The summed E-state index contributed by atoms with van der Waals surface area (Å²) in [7, 11) is 1.46. The number of carbonyl (C=O) groups is 1. The lowest BCUT2D eigenvalue weighted by Crippen LogP contribution is -2.65. The average molecular weight is 495 g/mol. The van der Waals surface area contributed by atoms with Gasteiger partial charge in [-0.05, 0) is 55.8 Å². The lowest BCUT2D eigenvalue weighted by Gasteiger charge is -2.60. The van der Waals surface area contributed by atoms with Crippen molar-refractivity contribution in [2.45, 2.75) is 84.1 Å². The van der Waals surface area contributed by atoms with E-state index in [1.165, 1.54) is 7.11 Å². The van der Waals surface area contributed by atoms with Crippen molar-refractivity contribution in [3.63, 3.8) is 0 Å². The standard InChI is InChI=1S/C27H42O8/c1-13(2)19-8-16-9-25(11-28)18-7-6-14(3)17(18)10-26(16,27(19,25)24(31)32)12-34-23-21(30)20(29)22(33-5)15(4)35-23/h8,13-18,20-23,28-30H,6-7,9-12H2,1-5H3,(H,31,32). The smallest absolute Gasteiger partial charge is 0.315 e. The second-order valence-corrected chi connectivity index (χ2v) is 12.3. The van der Waals surface area contributed by atoms with E-state index in [4.69, 9.17) is 14.2 Å². The third kappa shape index (κ3) is 2.98. The number of hydrogen-bond acceptors (Lipinski definition) is 7. The molecule has 0 amide bonds. The van der Waals surface area contributed by atoms with Crippen LogP contribution >= 0.6 is 0 Å². The van der Waals surface area contributed by atoms with Gasteiger partial charge in [0.1, 0.15) is 23.7 Å². The molecule has 0 aromatic carbocycles. The molecular formula is C27H42O8. The van der Waals surface area contributed by atoms with E-state index in [9.17, 15) is 25.2 Å². The number of aliphatic hydroxyl groups excluding tert-OH is 3. The first-order valence-electron chi connectivity index (χ1n) is 13.2. The topological polar surface area (TPSA) is 126 Å². The van der Waals surface area contributed by atoms with Gasteiger partial charge in [-0.15, -0.1) is 0 Å². The second kappa shape index (κ2) is 8.50. The fraction of sp³-hybridized carbons (Fsp3) is 0.889. The van der Waals surface area contributed by atoms with E-state index >= 15 is 0 Å². The molecule has 0 spiro atoms. The number of ether oxygens (including phenoxy) is 3. The summed E-state index contributed by atoms with van der Waals surface area (Å²) < 4.78 is 17.5. The van der Waals surface area contributed by atoms with E-state index < -0.39 is 52.9 Å². The molecule has 1 heterocycles. The fourth-order valence-electron chi connectivity index (χ4n) is 9.55. The van der Waals surface area contributed by atoms with Crippen molar-refractivity contribution >= 4 is 5.97 Å². The largest absolute Gasteiger partial charge is 0.481 e. The molecule has 0 radical (unpaired) electrons. The number of fused-ring (bicyclic) bond motifs is 2. The first kappa shape index (κ1) is 25.6. The minimum atomic E-state index is -1.31. The molecule has 5 rings (SSSR count). The number of aliphatic carboxylic acids is 1. The van der Waals surface area contributed by atoms with Crippen LogP contribution in [0.15, 0.2) is 11.6 Å². The molecule has 12 atom stereocenters. The highest BCUT2D eigenvalue weighted by atomic mass is 16.7. The highest BCUT2D eigenvalue weighted by Gasteiger charge is 2.84. The Kier molecular flexibility index (Phi) is 6.22. The van der Waals surface area contributed by atoms with Gasteiger partial charge >= 0.3 is 5.97 Å². The third-order valence-electron chi connectivity index (χ3n) is 10.9. The molecule has 8 nitrogen and oxygen atoms in total. The highest BCUT2D eigenvalue weighted by Crippen LogP contribution is 2.83. The van der Waals surface area contributed by atoms with E-state index in [1.54, 1.807) is 6.92 Å². The van der Waals surface area contributed by atoms with E-state index in [-0.39, 0.29) is 31.0 Å². The van der Waals surface area contributed by atoms with Gasteiger partial charge in [-0.2, -0.15) is 0 Å². The van der Waals surface area contributed by atoms with Crippen molar-refractivity contribution < 1.29 is 39.4 Å². The summed E-state index contributed by atoms with van der Waals surface area (Å²) in [6.45, 7) is 8.03. The molecule has 5 aliphatic rings. The molecule has 35 heavy (non-hydrogen) atoms. The monoisotopic (exact) mass is 494 g/mol. The van der Waals surface area contributed by atoms with E-state index in [1.807, 2.05) is 13.8 Å². The Morgan fingerprint density at radius 2 is 1.89 bits per heavy atom. The minimum Gasteiger partial charge on any atom is -0.481 e. The Morgan fingerprint density at radius 1 is 1.17 bits per heavy atom. The van der Waals surface area contributed by atoms with Crippen molar-refractivity contribution in [1.82, 2.24) is 0 Å². The summed E-state index contributed by atoms with van der Waals surface area (Å²) in [6, 6.07) is 0. The normalized spacial score (nSPS) is 52.6. The number of rotatable bonds is 7. The molecule has 0 aromatic rings. The maximum Gasteiger partial charge on any atom is 0.315 e. The van der Waals surface area contributed by atoms with Gasteiger partial charge in [0.15, 0.2) is 6.29 Å². The highest BCUT2D eigenvalue weighted by molar-refractivity contribution is 5.85. The van der Waals surface area contributed by atoms with Crippen molar-refractivity contribution in [3.05, 3.63) is 11.6 Å². The van der Waals surface area contributed by atoms with Gasteiger partial charge < -0.3 is 34.6 Å². The average Bonchev–Trinajstić information content (AvgIpc) is 3.38. The van der Waals surface area contributed by atoms with Crippen molar-refractivity contribution in [2.75, 3.05) is 20.3 Å². The molecular weight excluding hydrogens is 452 g/mol. The van der Waals surface area contributed by atoms with Crippen LogP contribution in [0.25, 0.3) is 0 Å². The molecule has 1 saturated heterocycles. The molecule has 1 aliphatic heterocycles. The quantitative estimate of drug-likeness (QED) is 0.397. The van der Waals surface area contributed by atoms with Gasteiger partial charge in [0.25, 0.3) is 0 Å². The number of hydrogen-bond donors (Lipinski definition) is 4. The van der Waals surface area contributed by atoms with Crippen LogP contribution in [0.4, 0.5) is 0 Å².